The molecule has 1 saturated heterocycles. The fraction of sp³-hybridized carbons (Fsp3) is 0.750. The molecule has 1 aliphatic heterocycles. The topological polar surface area (TPSA) is 29.9 Å². The lowest BCUT2D eigenvalue weighted by Gasteiger charge is -2.33. The third kappa shape index (κ3) is 2.43. The molecule has 0 amide bonds. The molecule has 0 saturated carbocycles. The highest BCUT2D eigenvalue weighted by molar-refractivity contribution is 5.00. The van der Waals surface area contributed by atoms with E-state index in [-0.39, 0.29) is 5.92 Å². The van der Waals surface area contributed by atoms with Crippen LogP contribution in [0.1, 0.15) is 25.6 Å². The molecular formula is C12H20FN3. The molecule has 2 heterocycles. The van der Waals surface area contributed by atoms with Gasteiger partial charge in [0.2, 0.25) is 0 Å². The smallest absolute Gasteiger partial charge is 0.119 e. The molecule has 4 heteroatoms. The third-order valence-electron chi connectivity index (χ3n) is 3.57. The van der Waals surface area contributed by atoms with Crippen molar-refractivity contribution >= 4 is 0 Å². The van der Waals surface area contributed by atoms with Crippen LogP contribution < -0.4 is 5.32 Å². The van der Waals surface area contributed by atoms with Crippen molar-refractivity contribution in [2.45, 2.75) is 31.9 Å². The number of imidazole rings is 1. The Morgan fingerprint density at radius 2 is 2.50 bits per heavy atom. The first-order chi connectivity index (χ1) is 7.59. The van der Waals surface area contributed by atoms with E-state index in [0.29, 0.717) is 6.42 Å². The summed E-state index contributed by atoms with van der Waals surface area (Å²) in [6, 6.07) is 0. The molecule has 1 aromatic rings. The standard InChI is InChI=1S/C12H20FN3/c1-12(13,10-4-3-5-14-9-10)8-11-15-6-7-16(11)2/h6-7,10,14H,3-5,8-9H2,1-2H3. The normalized spacial score (nSPS) is 25.3. The zero-order valence-corrected chi connectivity index (χ0v) is 10.0. The van der Waals surface area contributed by atoms with Gasteiger partial charge >= 0.3 is 0 Å². The van der Waals surface area contributed by atoms with E-state index < -0.39 is 5.67 Å². The number of nitrogens with one attached hydrogen (secondary N) is 1. The van der Waals surface area contributed by atoms with Crippen molar-refractivity contribution in [1.82, 2.24) is 14.9 Å². The van der Waals surface area contributed by atoms with E-state index in [2.05, 4.69) is 10.3 Å². The number of rotatable bonds is 3. The molecule has 0 spiro atoms. The van der Waals surface area contributed by atoms with Gasteiger partial charge in [-0.05, 0) is 26.3 Å². The van der Waals surface area contributed by atoms with Crippen LogP contribution in [0.4, 0.5) is 4.39 Å². The van der Waals surface area contributed by atoms with Crippen molar-refractivity contribution in [3.05, 3.63) is 18.2 Å². The van der Waals surface area contributed by atoms with Crippen LogP contribution in [0, 0.1) is 5.92 Å². The molecule has 16 heavy (non-hydrogen) atoms. The molecule has 3 nitrogen and oxygen atoms in total. The van der Waals surface area contributed by atoms with E-state index in [4.69, 9.17) is 0 Å². The maximum absolute atomic E-state index is 14.6. The van der Waals surface area contributed by atoms with E-state index in [1.807, 2.05) is 17.8 Å². The fourth-order valence-corrected chi connectivity index (χ4v) is 2.39. The van der Waals surface area contributed by atoms with Crippen LogP contribution in [-0.2, 0) is 13.5 Å². The number of aryl methyl sites for hydroxylation is 1. The Bertz CT molecular complexity index is 340. The summed E-state index contributed by atoms with van der Waals surface area (Å²) >= 11 is 0. The largest absolute Gasteiger partial charge is 0.338 e. The number of hydrogen-bond donors (Lipinski definition) is 1. The Morgan fingerprint density at radius 1 is 1.69 bits per heavy atom. The van der Waals surface area contributed by atoms with Crippen LogP contribution in [0.3, 0.4) is 0 Å². The quantitative estimate of drug-likeness (QED) is 0.848. The molecule has 2 atom stereocenters. The van der Waals surface area contributed by atoms with Crippen molar-refractivity contribution in [3.63, 3.8) is 0 Å². The Balaban J connectivity index is 2.04. The van der Waals surface area contributed by atoms with Gasteiger partial charge in [-0.15, -0.1) is 0 Å². The monoisotopic (exact) mass is 225 g/mol. The lowest BCUT2D eigenvalue weighted by atomic mass is 9.82. The molecule has 0 radical (unpaired) electrons. The van der Waals surface area contributed by atoms with Gasteiger partial charge in [-0.25, -0.2) is 9.37 Å². The summed E-state index contributed by atoms with van der Waals surface area (Å²) in [5.74, 6) is 0.938. The summed E-state index contributed by atoms with van der Waals surface area (Å²) < 4.78 is 16.5. The first kappa shape index (κ1) is 11.6. The van der Waals surface area contributed by atoms with Crippen molar-refractivity contribution < 1.29 is 4.39 Å². The van der Waals surface area contributed by atoms with Gasteiger partial charge in [-0.2, -0.15) is 0 Å². The Hall–Kier alpha value is -0.900. The lowest BCUT2D eigenvalue weighted by molar-refractivity contribution is 0.0805. The minimum atomic E-state index is -1.16. The second kappa shape index (κ2) is 4.53. The van der Waals surface area contributed by atoms with Gasteiger partial charge in [0, 0.05) is 38.3 Å². The van der Waals surface area contributed by atoms with Gasteiger partial charge in [0.25, 0.3) is 0 Å². The lowest BCUT2D eigenvalue weighted by Crippen LogP contribution is -2.43. The molecule has 1 fully saturated rings. The molecule has 0 aliphatic carbocycles. The molecule has 2 unspecified atom stereocenters. The van der Waals surface area contributed by atoms with Crippen LogP contribution in [0.2, 0.25) is 0 Å². The van der Waals surface area contributed by atoms with Crippen LogP contribution in [0.25, 0.3) is 0 Å². The number of alkyl halides is 1. The van der Waals surface area contributed by atoms with Crippen LogP contribution in [-0.4, -0.2) is 28.3 Å². The summed E-state index contributed by atoms with van der Waals surface area (Å²) in [5.41, 5.74) is -1.16. The number of nitrogens with zero attached hydrogens (tertiary/aromatic N) is 2. The highest BCUT2D eigenvalue weighted by Gasteiger charge is 2.36. The summed E-state index contributed by atoms with van der Waals surface area (Å²) in [4.78, 5) is 4.20. The van der Waals surface area contributed by atoms with E-state index in [0.717, 1.165) is 31.8 Å². The van der Waals surface area contributed by atoms with E-state index >= 15 is 0 Å². The maximum Gasteiger partial charge on any atom is 0.119 e. The van der Waals surface area contributed by atoms with Crippen molar-refractivity contribution in [2.24, 2.45) is 13.0 Å². The highest BCUT2D eigenvalue weighted by Crippen LogP contribution is 2.30. The number of hydrogen-bond acceptors (Lipinski definition) is 2. The molecular weight excluding hydrogens is 205 g/mol. The van der Waals surface area contributed by atoms with Crippen LogP contribution in [0.15, 0.2) is 12.4 Å². The van der Waals surface area contributed by atoms with Gasteiger partial charge in [0.05, 0.1) is 0 Å². The Kier molecular flexibility index (Phi) is 3.28. The van der Waals surface area contributed by atoms with Gasteiger partial charge < -0.3 is 9.88 Å². The summed E-state index contributed by atoms with van der Waals surface area (Å²) in [7, 11) is 1.91. The summed E-state index contributed by atoms with van der Waals surface area (Å²) in [5, 5.41) is 3.27. The molecule has 2 rings (SSSR count). The van der Waals surface area contributed by atoms with Crippen LogP contribution >= 0.6 is 0 Å². The number of piperidine rings is 1. The SMILES string of the molecule is Cn1ccnc1CC(C)(F)C1CCCNC1. The van der Waals surface area contributed by atoms with Gasteiger partial charge in [0.1, 0.15) is 11.5 Å². The predicted octanol–water partition coefficient (Wildman–Crippen LogP) is 1.69. The second-order valence-electron chi connectivity index (χ2n) is 4.95. The van der Waals surface area contributed by atoms with E-state index in [1.54, 1.807) is 13.1 Å². The van der Waals surface area contributed by atoms with E-state index in [1.165, 1.54) is 0 Å². The fourth-order valence-electron chi connectivity index (χ4n) is 2.39. The Morgan fingerprint density at radius 3 is 3.06 bits per heavy atom. The minimum absolute atomic E-state index is 0.109. The first-order valence-electron chi connectivity index (χ1n) is 5.95. The summed E-state index contributed by atoms with van der Waals surface area (Å²) in [6.07, 6.45) is 6.05. The number of halogens is 1. The predicted molar refractivity (Wildman–Crippen MR) is 62.0 cm³/mol. The minimum Gasteiger partial charge on any atom is -0.338 e. The highest BCUT2D eigenvalue weighted by atomic mass is 19.1. The molecule has 0 bridgehead atoms. The zero-order chi connectivity index (χ0) is 11.6. The maximum atomic E-state index is 14.6. The Labute approximate surface area is 96.1 Å². The van der Waals surface area contributed by atoms with Crippen molar-refractivity contribution in [2.75, 3.05) is 13.1 Å². The van der Waals surface area contributed by atoms with Gasteiger partial charge in [-0.3, -0.25) is 0 Å². The molecule has 1 aromatic heterocycles. The van der Waals surface area contributed by atoms with Crippen LogP contribution in [0.5, 0.6) is 0 Å². The van der Waals surface area contributed by atoms with Gasteiger partial charge in [-0.1, -0.05) is 0 Å². The molecule has 1 N–H and O–H groups in total. The van der Waals surface area contributed by atoms with Crippen molar-refractivity contribution in [3.8, 4) is 0 Å². The molecule has 1 aliphatic rings. The summed E-state index contributed by atoms with van der Waals surface area (Å²) in [6.45, 7) is 3.52. The average molecular weight is 225 g/mol. The van der Waals surface area contributed by atoms with Gasteiger partial charge in [0.15, 0.2) is 0 Å². The zero-order valence-electron chi connectivity index (χ0n) is 10.0. The first-order valence-corrected chi connectivity index (χ1v) is 5.95. The van der Waals surface area contributed by atoms with Crippen molar-refractivity contribution in [1.29, 1.82) is 0 Å². The van der Waals surface area contributed by atoms with E-state index in [9.17, 15) is 4.39 Å². The second-order valence-corrected chi connectivity index (χ2v) is 4.95. The number of aromatic nitrogens is 2. The molecule has 90 valence electrons. The average Bonchev–Trinajstić information content (AvgIpc) is 2.65. The third-order valence-corrected chi connectivity index (χ3v) is 3.57. The molecule has 0 aromatic carbocycles.